The van der Waals surface area contributed by atoms with Gasteiger partial charge in [0.25, 0.3) is 0 Å². The van der Waals surface area contributed by atoms with Crippen LogP contribution in [0.25, 0.3) is 0 Å². The molecule has 0 fully saturated rings. The zero-order chi connectivity index (χ0) is 12.8. The molecule has 17 heavy (non-hydrogen) atoms. The van der Waals surface area contributed by atoms with Crippen molar-refractivity contribution in [1.82, 2.24) is 0 Å². The molecule has 5 nitrogen and oxygen atoms in total. The number of carbonyl (C=O) groups is 2. The van der Waals surface area contributed by atoms with E-state index in [1.54, 1.807) is 13.0 Å². The van der Waals surface area contributed by atoms with Gasteiger partial charge in [0.05, 0.1) is 5.56 Å². The highest BCUT2D eigenvalue weighted by Gasteiger charge is 2.08. The number of amides is 1. The largest absolute Gasteiger partial charge is 0.478 e. The van der Waals surface area contributed by atoms with Crippen molar-refractivity contribution in [3.8, 4) is 0 Å². The Balaban J connectivity index is 2.80. The monoisotopic (exact) mass is 235 g/mol. The number of carboxylic acids is 1. The molecule has 1 aromatic rings. The van der Waals surface area contributed by atoms with E-state index in [-0.39, 0.29) is 12.2 Å². The first-order valence-electron chi connectivity index (χ1n) is 4.92. The van der Waals surface area contributed by atoms with E-state index in [0.717, 1.165) is 5.56 Å². The van der Waals surface area contributed by atoms with Crippen molar-refractivity contribution in [1.29, 1.82) is 0 Å². The number of carboxylic acid groups (broad SMARTS) is 1. The van der Waals surface area contributed by atoms with Crippen LogP contribution >= 0.6 is 0 Å². The van der Waals surface area contributed by atoms with E-state index in [1.165, 1.54) is 18.2 Å². The first-order valence-corrected chi connectivity index (χ1v) is 4.92. The average molecular weight is 235 g/mol. The number of aromatic carboxylic acids is 1. The van der Waals surface area contributed by atoms with Crippen LogP contribution in [0.5, 0.6) is 0 Å². The molecular weight excluding hydrogens is 222 g/mol. The molecule has 0 aliphatic carbocycles. The maximum atomic E-state index is 11.2. The third-order valence-corrected chi connectivity index (χ3v) is 1.90. The van der Waals surface area contributed by atoms with Crippen molar-refractivity contribution < 1.29 is 19.4 Å². The van der Waals surface area contributed by atoms with Gasteiger partial charge >= 0.3 is 12.1 Å². The third-order valence-electron chi connectivity index (χ3n) is 1.90. The smallest absolute Gasteiger partial charge is 0.411 e. The maximum absolute atomic E-state index is 11.2. The molecule has 1 amide bonds. The summed E-state index contributed by atoms with van der Waals surface area (Å²) >= 11 is 0. The van der Waals surface area contributed by atoms with Crippen LogP contribution in [0.2, 0.25) is 0 Å². The highest BCUT2D eigenvalue weighted by molar-refractivity contribution is 5.91. The van der Waals surface area contributed by atoms with Gasteiger partial charge in [-0.25, -0.2) is 9.59 Å². The minimum Gasteiger partial charge on any atom is -0.478 e. The zero-order valence-corrected chi connectivity index (χ0v) is 9.40. The highest BCUT2D eigenvalue weighted by atomic mass is 16.5. The second-order valence-corrected chi connectivity index (χ2v) is 3.41. The van der Waals surface area contributed by atoms with Gasteiger partial charge < -0.3 is 9.84 Å². The quantitative estimate of drug-likeness (QED) is 0.786. The fourth-order valence-corrected chi connectivity index (χ4v) is 1.27. The number of hydrogen-bond donors (Lipinski definition) is 2. The minimum absolute atomic E-state index is 0.101. The second kappa shape index (κ2) is 5.69. The second-order valence-electron chi connectivity index (χ2n) is 3.41. The summed E-state index contributed by atoms with van der Waals surface area (Å²) in [4.78, 5) is 22.0. The Kier molecular flexibility index (Phi) is 4.28. The SMILES string of the molecule is C=CCOC(=O)Nc1cc(C)cc(C(=O)O)c1. The van der Waals surface area contributed by atoms with E-state index in [4.69, 9.17) is 9.84 Å². The number of rotatable bonds is 4. The molecule has 0 saturated heterocycles. The molecule has 1 aromatic carbocycles. The molecular formula is C12H13NO4. The van der Waals surface area contributed by atoms with Gasteiger partial charge in [0, 0.05) is 5.69 Å². The van der Waals surface area contributed by atoms with Gasteiger partial charge in [0.1, 0.15) is 6.61 Å². The minimum atomic E-state index is -1.05. The van der Waals surface area contributed by atoms with Gasteiger partial charge in [0.2, 0.25) is 0 Å². The molecule has 1 rings (SSSR count). The maximum Gasteiger partial charge on any atom is 0.411 e. The van der Waals surface area contributed by atoms with E-state index in [1.807, 2.05) is 0 Å². The van der Waals surface area contributed by atoms with Gasteiger partial charge in [-0.05, 0) is 30.7 Å². The normalized spacial score (nSPS) is 9.47. The lowest BCUT2D eigenvalue weighted by molar-refractivity contribution is 0.0696. The zero-order valence-electron chi connectivity index (χ0n) is 9.40. The Labute approximate surface area is 98.7 Å². The van der Waals surface area contributed by atoms with Crippen LogP contribution < -0.4 is 5.32 Å². The number of carbonyl (C=O) groups excluding carboxylic acids is 1. The van der Waals surface area contributed by atoms with Crippen molar-refractivity contribution in [3.63, 3.8) is 0 Å². The summed E-state index contributed by atoms with van der Waals surface area (Å²) in [5, 5.41) is 11.3. The summed E-state index contributed by atoms with van der Waals surface area (Å²) in [6.07, 6.45) is 0.797. The lowest BCUT2D eigenvalue weighted by Gasteiger charge is -2.07. The van der Waals surface area contributed by atoms with E-state index in [9.17, 15) is 9.59 Å². The molecule has 0 bridgehead atoms. The summed E-state index contributed by atoms with van der Waals surface area (Å²) < 4.78 is 4.72. The predicted molar refractivity (Wildman–Crippen MR) is 63.3 cm³/mol. The Bertz CT molecular complexity index is 454. The summed E-state index contributed by atoms with van der Waals surface area (Å²) in [6, 6.07) is 4.54. The molecule has 0 atom stereocenters. The fraction of sp³-hybridized carbons (Fsp3) is 0.167. The van der Waals surface area contributed by atoms with Crippen LogP contribution in [0.15, 0.2) is 30.9 Å². The number of anilines is 1. The third kappa shape index (κ3) is 3.98. The predicted octanol–water partition coefficient (Wildman–Crippen LogP) is 2.43. The number of aryl methyl sites for hydroxylation is 1. The number of nitrogens with one attached hydrogen (secondary N) is 1. The van der Waals surface area contributed by atoms with Crippen LogP contribution in [0.3, 0.4) is 0 Å². The molecule has 2 N–H and O–H groups in total. The van der Waals surface area contributed by atoms with E-state index in [0.29, 0.717) is 5.69 Å². The van der Waals surface area contributed by atoms with E-state index >= 15 is 0 Å². The average Bonchev–Trinajstić information content (AvgIpc) is 2.25. The summed E-state index contributed by atoms with van der Waals surface area (Å²) in [5.41, 5.74) is 1.24. The van der Waals surface area contributed by atoms with E-state index < -0.39 is 12.1 Å². The van der Waals surface area contributed by atoms with Crippen molar-refractivity contribution in [2.75, 3.05) is 11.9 Å². The van der Waals surface area contributed by atoms with Crippen molar-refractivity contribution >= 4 is 17.7 Å². The molecule has 0 aromatic heterocycles. The molecule has 0 spiro atoms. The molecule has 90 valence electrons. The molecule has 0 saturated carbocycles. The summed E-state index contributed by atoms with van der Waals surface area (Å²) in [5.74, 6) is -1.05. The van der Waals surface area contributed by atoms with Gasteiger partial charge in [-0.3, -0.25) is 5.32 Å². The first-order chi connectivity index (χ1) is 8.02. The van der Waals surface area contributed by atoms with Crippen LogP contribution in [-0.4, -0.2) is 23.8 Å². The summed E-state index contributed by atoms with van der Waals surface area (Å²) in [6.45, 7) is 5.25. The standard InChI is InChI=1S/C12H13NO4/c1-3-4-17-12(16)13-10-6-8(2)5-9(7-10)11(14)15/h3,5-7H,1,4H2,2H3,(H,13,16)(H,14,15). The molecule has 0 unspecified atom stereocenters. The Morgan fingerprint density at radius 1 is 1.47 bits per heavy atom. The van der Waals surface area contributed by atoms with Crippen LogP contribution in [0, 0.1) is 6.92 Å². The summed E-state index contributed by atoms with van der Waals surface area (Å²) in [7, 11) is 0. The fourth-order valence-electron chi connectivity index (χ4n) is 1.27. The molecule has 0 aliphatic heterocycles. The van der Waals surface area contributed by atoms with Gasteiger partial charge in [-0.1, -0.05) is 12.7 Å². The van der Waals surface area contributed by atoms with Crippen LogP contribution in [-0.2, 0) is 4.74 Å². The molecule has 0 radical (unpaired) electrons. The lowest BCUT2D eigenvalue weighted by atomic mass is 10.1. The molecule has 0 heterocycles. The number of ether oxygens (including phenoxy) is 1. The van der Waals surface area contributed by atoms with Crippen molar-refractivity contribution in [3.05, 3.63) is 42.0 Å². The van der Waals surface area contributed by atoms with Crippen molar-refractivity contribution in [2.24, 2.45) is 0 Å². The number of hydrogen-bond acceptors (Lipinski definition) is 3. The van der Waals surface area contributed by atoms with E-state index in [2.05, 4.69) is 11.9 Å². The molecule has 0 aliphatic rings. The highest BCUT2D eigenvalue weighted by Crippen LogP contribution is 2.14. The van der Waals surface area contributed by atoms with Crippen LogP contribution in [0.4, 0.5) is 10.5 Å². The Morgan fingerprint density at radius 3 is 2.76 bits per heavy atom. The molecule has 5 heteroatoms. The Morgan fingerprint density at radius 2 is 2.18 bits per heavy atom. The van der Waals surface area contributed by atoms with Gasteiger partial charge in [-0.15, -0.1) is 0 Å². The van der Waals surface area contributed by atoms with Crippen LogP contribution in [0.1, 0.15) is 15.9 Å². The topological polar surface area (TPSA) is 75.6 Å². The van der Waals surface area contributed by atoms with Gasteiger partial charge in [-0.2, -0.15) is 0 Å². The Hall–Kier alpha value is -2.30. The van der Waals surface area contributed by atoms with Gasteiger partial charge in [0.15, 0.2) is 0 Å². The lowest BCUT2D eigenvalue weighted by Crippen LogP contribution is -2.14. The number of benzene rings is 1. The van der Waals surface area contributed by atoms with Crippen molar-refractivity contribution in [2.45, 2.75) is 6.92 Å². The first kappa shape index (κ1) is 12.8.